The molecule has 3 aromatic rings. The molecule has 0 aromatic heterocycles. The summed E-state index contributed by atoms with van der Waals surface area (Å²) in [5, 5.41) is 32.2. The number of phenolic OH excluding ortho intramolecular Hbond substituents is 3. The summed E-state index contributed by atoms with van der Waals surface area (Å²) < 4.78 is 0. The lowest BCUT2D eigenvalue weighted by atomic mass is 10.1. The van der Waals surface area contributed by atoms with E-state index in [1.165, 1.54) is 24.3 Å². The van der Waals surface area contributed by atoms with E-state index < -0.39 is 0 Å². The van der Waals surface area contributed by atoms with Crippen LogP contribution in [0.15, 0.2) is 66.7 Å². The normalized spacial score (nSPS) is 10.9. The van der Waals surface area contributed by atoms with Gasteiger partial charge in [0.2, 0.25) is 0 Å². The van der Waals surface area contributed by atoms with Crippen molar-refractivity contribution in [1.29, 1.82) is 0 Å². The molecule has 1 amide bonds. The molecular weight excluding hydrogens is 354 g/mol. The molecule has 0 aliphatic heterocycles. The number of benzene rings is 3. The van der Waals surface area contributed by atoms with Gasteiger partial charge in [0.1, 0.15) is 17.2 Å². The van der Waals surface area contributed by atoms with Crippen LogP contribution in [-0.2, 0) is 6.42 Å². The van der Waals surface area contributed by atoms with Gasteiger partial charge >= 0.3 is 0 Å². The fourth-order valence-electron chi connectivity index (χ4n) is 2.76. The summed E-state index contributed by atoms with van der Waals surface area (Å²) in [7, 11) is 0. The minimum absolute atomic E-state index is 0.0340. The number of hydrogen-bond donors (Lipinski definition) is 4. The van der Waals surface area contributed by atoms with Crippen LogP contribution in [0.1, 0.15) is 27.0 Å². The first-order valence-corrected chi connectivity index (χ1v) is 8.88. The number of carbonyl (C=O) groups excluding carboxylic acids is 1. The summed E-state index contributed by atoms with van der Waals surface area (Å²) in [5.74, 6) is -0.383. The Labute approximate surface area is 163 Å². The zero-order chi connectivity index (χ0) is 19.9. The van der Waals surface area contributed by atoms with Crippen LogP contribution in [0.5, 0.6) is 17.2 Å². The maximum Gasteiger partial charge on any atom is 0.255 e. The molecular formula is C23H21NO4. The van der Waals surface area contributed by atoms with Crippen molar-refractivity contribution in [3.05, 3.63) is 89.0 Å². The lowest BCUT2D eigenvalue weighted by Gasteiger charge is -2.08. The first-order valence-electron chi connectivity index (χ1n) is 8.88. The van der Waals surface area contributed by atoms with Gasteiger partial charge in [-0.3, -0.25) is 4.79 Å². The molecule has 3 aromatic carbocycles. The predicted octanol–water partition coefficient (Wildman–Crippen LogP) is 3.95. The van der Waals surface area contributed by atoms with Gasteiger partial charge in [0.15, 0.2) is 0 Å². The Morgan fingerprint density at radius 2 is 1.61 bits per heavy atom. The second-order valence-corrected chi connectivity index (χ2v) is 6.34. The van der Waals surface area contributed by atoms with E-state index in [0.29, 0.717) is 24.1 Å². The summed E-state index contributed by atoms with van der Waals surface area (Å²) in [4.78, 5) is 12.4. The summed E-state index contributed by atoms with van der Waals surface area (Å²) in [6, 6.07) is 18.7. The molecule has 0 radical (unpaired) electrons. The van der Waals surface area contributed by atoms with E-state index in [1.54, 1.807) is 24.3 Å². The molecule has 0 spiro atoms. The van der Waals surface area contributed by atoms with Crippen molar-refractivity contribution in [1.82, 2.24) is 5.32 Å². The number of carbonyl (C=O) groups is 1. The second-order valence-electron chi connectivity index (χ2n) is 6.34. The van der Waals surface area contributed by atoms with Crippen LogP contribution in [0.3, 0.4) is 0 Å². The van der Waals surface area contributed by atoms with Crippen LogP contribution in [0.2, 0.25) is 0 Å². The van der Waals surface area contributed by atoms with Crippen LogP contribution < -0.4 is 5.32 Å². The summed E-state index contributed by atoms with van der Waals surface area (Å²) in [6.07, 6.45) is 4.01. The van der Waals surface area contributed by atoms with Crippen molar-refractivity contribution in [3.63, 3.8) is 0 Å². The van der Waals surface area contributed by atoms with Crippen molar-refractivity contribution < 1.29 is 20.1 Å². The second kappa shape index (κ2) is 8.77. The van der Waals surface area contributed by atoms with E-state index in [9.17, 15) is 20.1 Å². The van der Waals surface area contributed by atoms with Crippen molar-refractivity contribution in [2.45, 2.75) is 6.42 Å². The van der Waals surface area contributed by atoms with Crippen LogP contribution in [0, 0.1) is 0 Å². The Hall–Kier alpha value is -3.73. The van der Waals surface area contributed by atoms with Crippen molar-refractivity contribution >= 4 is 18.1 Å². The average molecular weight is 375 g/mol. The van der Waals surface area contributed by atoms with E-state index >= 15 is 0 Å². The van der Waals surface area contributed by atoms with Gasteiger partial charge < -0.3 is 20.6 Å². The Morgan fingerprint density at radius 1 is 0.857 bits per heavy atom. The molecule has 0 unspecified atom stereocenters. The molecule has 0 saturated carbocycles. The minimum Gasteiger partial charge on any atom is -0.508 e. The minimum atomic E-state index is -0.358. The van der Waals surface area contributed by atoms with Crippen molar-refractivity contribution in [2.24, 2.45) is 0 Å². The number of rotatable bonds is 6. The largest absolute Gasteiger partial charge is 0.508 e. The maximum atomic E-state index is 12.4. The van der Waals surface area contributed by atoms with Crippen LogP contribution in [0.4, 0.5) is 0 Å². The van der Waals surface area contributed by atoms with E-state index in [1.807, 2.05) is 30.3 Å². The maximum absolute atomic E-state index is 12.4. The van der Waals surface area contributed by atoms with E-state index in [2.05, 4.69) is 5.32 Å². The van der Waals surface area contributed by atoms with Gasteiger partial charge in [-0.15, -0.1) is 0 Å². The Morgan fingerprint density at radius 3 is 2.39 bits per heavy atom. The lowest BCUT2D eigenvalue weighted by Crippen LogP contribution is -2.25. The van der Waals surface area contributed by atoms with Gasteiger partial charge in [-0.25, -0.2) is 0 Å². The van der Waals surface area contributed by atoms with Gasteiger partial charge in [0.05, 0.1) is 5.56 Å². The number of phenols is 3. The van der Waals surface area contributed by atoms with E-state index in [-0.39, 0.29) is 28.7 Å². The van der Waals surface area contributed by atoms with Crippen LogP contribution >= 0.6 is 0 Å². The molecule has 3 rings (SSSR count). The van der Waals surface area contributed by atoms with Crippen molar-refractivity contribution in [3.8, 4) is 17.2 Å². The first kappa shape index (κ1) is 19.0. The monoisotopic (exact) mass is 375 g/mol. The van der Waals surface area contributed by atoms with Crippen LogP contribution in [0.25, 0.3) is 12.2 Å². The van der Waals surface area contributed by atoms with Gasteiger partial charge in [-0.05, 0) is 47.9 Å². The molecule has 0 heterocycles. The standard InChI is InChI=1S/C23H21NO4/c25-19-9-11-21(26)18(15-19)8-6-17-7-10-22(27)20(14-17)23(28)24-13-12-16-4-2-1-3-5-16/h1-11,14-15,25-27H,12-13H2,(H,24,28)/b8-6+. The van der Waals surface area contributed by atoms with Gasteiger partial charge in [0, 0.05) is 12.1 Å². The fourth-order valence-corrected chi connectivity index (χ4v) is 2.76. The third-order valence-corrected chi connectivity index (χ3v) is 4.27. The van der Waals surface area contributed by atoms with E-state index in [4.69, 9.17) is 0 Å². The van der Waals surface area contributed by atoms with Crippen LogP contribution in [-0.4, -0.2) is 27.8 Å². The zero-order valence-corrected chi connectivity index (χ0v) is 15.2. The average Bonchev–Trinajstić information content (AvgIpc) is 2.70. The number of hydrogen-bond acceptors (Lipinski definition) is 4. The SMILES string of the molecule is O=C(NCCc1ccccc1)c1cc(/C=C/c2cc(O)ccc2O)ccc1O. The van der Waals surface area contributed by atoms with Gasteiger partial charge in [0.25, 0.3) is 5.91 Å². The summed E-state index contributed by atoms with van der Waals surface area (Å²) in [5.41, 5.74) is 2.42. The molecule has 142 valence electrons. The molecule has 0 bridgehead atoms. The molecule has 28 heavy (non-hydrogen) atoms. The number of amides is 1. The molecule has 0 atom stereocenters. The molecule has 4 N–H and O–H groups in total. The molecule has 5 nitrogen and oxygen atoms in total. The first-order chi connectivity index (χ1) is 13.5. The highest BCUT2D eigenvalue weighted by molar-refractivity contribution is 5.97. The highest BCUT2D eigenvalue weighted by atomic mass is 16.3. The quantitative estimate of drug-likeness (QED) is 0.388. The predicted molar refractivity (Wildman–Crippen MR) is 109 cm³/mol. The molecule has 0 fully saturated rings. The topological polar surface area (TPSA) is 89.8 Å². The number of nitrogens with one attached hydrogen (secondary N) is 1. The lowest BCUT2D eigenvalue weighted by molar-refractivity contribution is 0.0951. The Balaban J connectivity index is 1.69. The highest BCUT2D eigenvalue weighted by Gasteiger charge is 2.11. The summed E-state index contributed by atoms with van der Waals surface area (Å²) in [6.45, 7) is 0.458. The Bertz CT molecular complexity index is 997. The number of aromatic hydroxyl groups is 3. The van der Waals surface area contributed by atoms with Crippen molar-refractivity contribution in [2.75, 3.05) is 6.54 Å². The van der Waals surface area contributed by atoms with Gasteiger partial charge in [-0.1, -0.05) is 48.6 Å². The smallest absolute Gasteiger partial charge is 0.255 e. The molecule has 0 aliphatic rings. The molecule has 0 saturated heterocycles. The molecule has 0 aliphatic carbocycles. The third-order valence-electron chi connectivity index (χ3n) is 4.27. The molecule has 5 heteroatoms. The fraction of sp³-hybridized carbons (Fsp3) is 0.0870. The van der Waals surface area contributed by atoms with Gasteiger partial charge in [-0.2, -0.15) is 0 Å². The highest BCUT2D eigenvalue weighted by Crippen LogP contribution is 2.25. The third kappa shape index (κ3) is 4.92. The summed E-state index contributed by atoms with van der Waals surface area (Å²) >= 11 is 0. The van der Waals surface area contributed by atoms with E-state index in [0.717, 1.165) is 5.56 Å². The Kier molecular flexibility index (Phi) is 5.97. The zero-order valence-electron chi connectivity index (χ0n) is 15.2.